The highest BCUT2D eigenvalue weighted by Gasteiger charge is 2.34. The van der Waals surface area contributed by atoms with Crippen LogP contribution in [0.1, 0.15) is 44.2 Å². The number of nitrogens with one attached hydrogen (secondary N) is 1. The van der Waals surface area contributed by atoms with E-state index in [0.29, 0.717) is 9.46 Å². The van der Waals surface area contributed by atoms with Crippen molar-refractivity contribution in [2.24, 2.45) is 0 Å². The average Bonchev–Trinajstić information content (AvgIpc) is 3.21. The Morgan fingerprint density at radius 3 is 2.52 bits per heavy atom. The number of alkyl halides is 1. The topological polar surface area (TPSA) is 22.3 Å². The third-order valence-corrected chi connectivity index (χ3v) is 8.47. The molecule has 0 aliphatic carbocycles. The fourth-order valence-electron chi connectivity index (χ4n) is 4.76. The average molecular weight is 530 g/mol. The number of nitrogens with zero attached hydrogens (tertiary/aromatic N) is 2. The minimum atomic E-state index is 0.382. The number of fused-ring (bicyclic) bond motifs is 1. The number of aromatic nitrogens is 1. The fourth-order valence-corrected chi connectivity index (χ4v) is 5.68. The molecule has 0 saturated carbocycles. The number of aromatic amines is 1. The first-order chi connectivity index (χ1) is 15.1. The molecule has 1 aliphatic rings. The number of H-pyrrole nitrogens is 1. The van der Waals surface area contributed by atoms with Crippen LogP contribution >= 0.6 is 22.6 Å². The normalized spacial score (nSPS) is 17.9. The SMILES string of the molecule is CCC(C)N(Cc1ccccc1)CC1(I)CCN(CCc2c[nH]c3ccccc23)CC1. The van der Waals surface area contributed by atoms with Gasteiger partial charge >= 0.3 is 0 Å². The van der Waals surface area contributed by atoms with Crippen molar-refractivity contribution in [2.45, 2.75) is 55.5 Å². The van der Waals surface area contributed by atoms with Crippen LogP contribution in [0.15, 0.2) is 60.8 Å². The predicted molar refractivity (Wildman–Crippen MR) is 141 cm³/mol. The van der Waals surface area contributed by atoms with Gasteiger partial charge < -0.3 is 9.88 Å². The number of para-hydroxylation sites is 1. The van der Waals surface area contributed by atoms with E-state index in [0.717, 1.165) is 19.5 Å². The minimum Gasteiger partial charge on any atom is -0.361 e. The third kappa shape index (κ3) is 5.91. The van der Waals surface area contributed by atoms with Gasteiger partial charge in [-0.25, -0.2) is 0 Å². The maximum Gasteiger partial charge on any atom is 0.0456 e. The summed E-state index contributed by atoms with van der Waals surface area (Å²) in [6.07, 6.45) is 7.10. The molecular weight excluding hydrogens is 493 g/mol. The van der Waals surface area contributed by atoms with Crippen molar-refractivity contribution in [1.82, 2.24) is 14.8 Å². The summed E-state index contributed by atoms with van der Waals surface area (Å²) in [4.78, 5) is 8.80. The molecule has 1 saturated heterocycles. The molecule has 0 radical (unpaired) electrons. The molecule has 1 atom stereocenters. The molecule has 1 aromatic heterocycles. The smallest absolute Gasteiger partial charge is 0.0456 e. The molecule has 3 aromatic rings. The summed E-state index contributed by atoms with van der Waals surface area (Å²) in [6, 6.07) is 20.2. The van der Waals surface area contributed by atoms with Crippen LogP contribution in [-0.4, -0.2) is 50.4 Å². The fraction of sp³-hybridized carbons (Fsp3) is 0.481. The molecule has 1 unspecified atom stereocenters. The van der Waals surface area contributed by atoms with Gasteiger partial charge in [-0.05, 0) is 62.9 Å². The van der Waals surface area contributed by atoms with Gasteiger partial charge in [0.25, 0.3) is 0 Å². The molecule has 31 heavy (non-hydrogen) atoms. The maximum absolute atomic E-state index is 3.42. The Hall–Kier alpha value is -1.37. The Labute approximate surface area is 201 Å². The monoisotopic (exact) mass is 529 g/mol. The molecular formula is C27H36IN3. The van der Waals surface area contributed by atoms with Crippen LogP contribution in [-0.2, 0) is 13.0 Å². The largest absolute Gasteiger partial charge is 0.361 e. The lowest BCUT2D eigenvalue weighted by molar-refractivity contribution is 0.138. The van der Waals surface area contributed by atoms with Crippen molar-refractivity contribution in [2.75, 3.05) is 26.2 Å². The van der Waals surface area contributed by atoms with Gasteiger partial charge in [-0.2, -0.15) is 0 Å². The van der Waals surface area contributed by atoms with Gasteiger partial charge in [0.15, 0.2) is 0 Å². The Kier molecular flexibility index (Phi) is 7.72. The lowest BCUT2D eigenvalue weighted by Gasteiger charge is -2.42. The second-order valence-electron chi connectivity index (χ2n) is 9.25. The van der Waals surface area contributed by atoms with E-state index in [9.17, 15) is 0 Å². The van der Waals surface area contributed by atoms with E-state index in [2.05, 4.69) is 112 Å². The van der Waals surface area contributed by atoms with Crippen LogP contribution in [0.3, 0.4) is 0 Å². The van der Waals surface area contributed by atoms with E-state index in [-0.39, 0.29) is 0 Å². The van der Waals surface area contributed by atoms with Crippen molar-refractivity contribution in [3.8, 4) is 0 Å². The van der Waals surface area contributed by atoms with E-state index in [1.165, 1.54) is 60.9 Å². The lowest BCUT2D eigenvalue weighted by Crippen LogP contribution is -2.49. The molecule has 0 amide bonds. The third-order valence-electron chi connectivity index (χ3n) is 7.05. The van der Waals surface area contributed by atoms with E-state index in [1.54, 1.807) is 0 Å². The maximum atomic E-state index is 3.42. The highest BCUT2D eigenvalue weighted by atomic mass is 127. The Balaban J connectivity index is 1.31. The molecule has 0 spiro atoms. The first kappa shape index (κ1) is 22.8. The molecule has 4 heteroatoms. The van der Waals surface area contributed by atoms with Gasteiger partial charge in [0.2, 0.25) is 0 Å². The molecule has 0 bridgehead atoms. The second-order valence-corrected chi connectivity index (χ2v) is 11.5. The zero-order chi connectivity index (χ0) is 21.7. The molecule has 1 fully saturated rings. The van der Waals surface area contributed by atoms with Gasteiger partial charge in [0.1, 0.15) is 0 Å². The summed E-state index contributed by atoms with van der Waals surface area (Å²) < 4.78 is 0.382. The van der Waals surface area contributed by atoms with Crippen LogP contribution in [0.5, 0.6) is 0 Å². The molecule has 4 rings (SSSR count). The summed E-state index contributed by atoms with van der Waals surface area (Å²) in [5, 5.41) is 1.38. The zero-order valence-corrected chi connectivity index (χ0v) is 21.1. The highest BCUT2D eigenvalue weighted by molar-refractivity contribution is 14.1. The molecule has 3 nitrogen and oxygen atoms in total. The summed E-state index contributed by atoms with van der Waals surface area (Å²) in [7, 11) is 0. The van der Waals surface area contributed by atoms with Crippen LogP contribution < -0.4 is 0 Å². The number of benzene rings is 2. The molecule has 2 aromatic carbocycles. The van der Waals surface area contributed by atoms with Gasteiger partial charge in [0, 0.05) is 46.2 Å². The first-order valence-electron chi connectivity index (χ1n) is 11.8. The molecule has 1 N–H and O–H groups in total. The zero-order valence-electron chi connectivity index (χ0n) is 19.0. The van der Waals surface area contributed by atoms with E-state index in [1.807, 2.05) is 0 Å². The van der Waals surface area contributed by atoms with Gasteiger partial charge in [0.05, 0.1) is 0 Å². The number of likely N-dealkylation sites (tertiary alicyclic amines) is 1. The summed E-state index contributed by atoms with van der Waals surface area (Å²) in [6.45, 7) is 10.5. The number of piperidine rings is 1. The highest BCUT2D eigenvalue weighted by Crippen LogP contribution is 2.34. The van der Waals surface area contributed by atoms with Crippen molar-refractivity contribution in [3.05, 3.63) is 71.9 Å². The van der Waals surface area contributed by atoms with Crippen molar-refractivity contribution in [1.29, 1.82) is 0 Å². The van der Waals surface area contributed by atoms with Gasteiger partial charge in [-0.15, -0.1) is 0 Å². The predicted octanol–water partition coefficient (Wildman–Crippen LogP) is 6.28. The van der Waals surface area contributed by atoms with Gasteiger partial charge in [-0.3, -0.25) is 4.90 Å². The standard InChI is InChI=1S/C27H36IN3/c1-3-22(2)31(20-23-9-5-4-6-10-23)21-27(28)14-17-30(18-15-27)16-13-24-19-29-26-12-8-7-11-25(24)26/h4-12,19,22,29H,3,13-18,20-21H2,1-2H3. The lowest BCUT2D eigenvalue weighted by atomic mass is 9.94. The number of hydrogen-bond acceptors (Lipinski definition) is 2. The number of halogens is 1. The van der Waals surface area contributed by atoms with Gasteiger partial charge in [-0.1, -0.05) is 78.0 Å². The Bertz CT molecular complexity index is 943. The second kappa shape index (κ2) is 10.5. The summed E-state index contributed by atoms with van der Waals surface area (Å²) in [5.41, 5.74) is 4.14. The van der Waals surface area contributed by atoms with Crippen molar-refractivity contribution < 1.29 is 0 Å². The minimum absolute atomic E-state index is 0.382. The van der Waals surface area contributed by atoms with E-state index >= 15 is 0 Å². The Morgan fingerprint density at radius 2 is 1.77 bits per heavy atom. The molecule has 166 valence electrons. The first-order valence-corrected chi connectivity index (χ1v) is 12.9. The number of hydrogen-bond donors (Lipinski definition) is 1. The molecule has 2 heterocycles. The van der Waals surface area contributed by atoms with Crippen molar-refractivity contribution in [3.63, 3.8) is 0 Å². The number of rotatable bonds is 9. The van der Waals surface area contributed by atoms with E-state index in [4.69, 9.17) is 0 Å². The van der Waals surface area contributed by atoms with Crippen LogP contribution in [0, 0.1) is 0 Å². The quantitative estimate of drug-likeness (QED) is 0.260. The van der Waals surface area contributed by atoms with E-state index < -0.39 is 0 Å². The summed E-state index contributed by atoms with van der Waals surface area (Å²) in [5.74, 6) is 0. The molecule has 1 aliphatic heterocycles. The Morgan fingerprint density at radius 1 is 1.06 bits per heavy atom. The van der Waals surface area contributed by atoms with Crippen LogP contribution in [0.4, 0.5) is 0 Å². The van der Waals surface area contributed by atoms with Crippen LogP contribution in [0.2, 0.25) is 0 Å². The van der Waals surface area contributed by atoms with Crippen LogP contribution in [0.25, 0.3) is 10.9 Å². The van der Waals surface area contributed by atoms with Crippen molar-refractivity contribution >= 4 is 33.5 Å². The summed E-state index contributed by atoms with van der Waals surface area (Å²) >= 11 is 2.78.